The number of anilines is 1. The van der Waals surface area contributed by atoms with Crippen LogP contribution < -0.4 is 9.46 Å². The van der Waals surface area contributed by atoms with Crippen LogP contribution in [0.15, 0.2) is 65.7 Å². The predicted octanol–water partition coefficient (Wildman–Crippen LogP) is 3.74. The molecule has 27 heavy (non-hydrogen) atoms. The lowest BCUT2D eigenvalue weighted by Gasteiger charge is -2.13. The van der Waals surface area contributed by atoms with Crippen molar-refractivity contribution in [2.24, 2.45) is 0 Å². The Kier molecular flexibility index (Phi) is 5.10. The van der Waals surface area contributed by atoms with Crippen LogP contribution in [-0.2, 0) is 10.0 Å². The first-order valence-corrected chi connectivity index (χ1v) is 9.55. The van der Waals surface area contributed by atoms with Crippen LogP contribution in [0.1, 0.15) is 11.1 Å². The predicted molar refractivity (Wildman–Crippen MR) is 103 cm³/mol. The number of pyridine rings is 1. The minimum Gasteiger partial charge on any atom is -0.481 e. The Bertz CT molecular complexity index is 1100. The first-order valence-electron chi connectivity index (χ1n) is 8.07. The van der Waals surface area contributed by atoms with Gasteiger partial charge in [0.1, 0.15) is 4.90 Å². The Morgan fingerprint density at radius 3 is 2.33 bits per heavy atom. The molecule has 0 fully saturated rings. The van der Waals surface area contributed by atoms with Crippen LogP contribution in [0.4, 0.5) is 5.69 Å². The lowest BCUT2D eigenvalue weighted by Crippen LogP contribution is -2.14. The van der Waals surface area contributed by atoms with E-state index in [0.29, 0.717) is 17.1 Å². The summed E-state index contributed by atoms with van der Waals surface area (Å²) in [6.07, 6.45) is 1.25. The number of rotatable bonds is 5. The maximum Gasteiger partial charge on any atom is 0.263 e. The Hall–Kier alpha value is -3.37. The second kappa shape index (κ2) is 7.48. The fourth-order valence-electron chi connectivity index (χ4n) is 2.50. The normalized spacial score (nSPS) is 10.9. The van der Waals surface area contributed by atoms with Gasteiger partial charge in [-0.2, -0.15) is 5.26 Å². The average molecular weight is 379 g/mol. The van der Waals surface area contributed by atoms with E-state index in [1.54, 1.807) is 18.2 Å². The highest BCUT2D eigenvalue weighted by Crippen LogP contribution is 2.27. The summed E-state index contributed by atoms with van der Waals surface area (Å²) in [5.74, 6) is 0.341. The van der Waals surface area contributed by atoms with Gasteiger partial charge in [0.2, 0.25) is 5.88 Å². The number of nitrogens with one attached hydrogen (secondary N) is 1. The minimum absolute atomic E-state index is 0.0477. The molecule has 1 heterocycles. The first-order chi connectivity index (χ1) is 12.9. The van der Waals surface area contributed by atoms with Gasteiger partial charge in [-0.15, -0.1) is 0 Å². The van der Waals surface area contributed by atoms with Crippen LogP contribution in [0.2, 0.25) is 0 Å². The lowest BCUT2D eigenvalue weighted by molar-refractivity contribution is 0.397. The van der Waals surface area contributed by atoms with Crippen LogP contribution in [-0.4, -0.2) is 20.5 Å². The molecule has 0 aliphatic carbocycles. The van der Waals surface area contributed by atoms with Gasteiger partial charge in [-0.05, 0) is 47.9 Å². The molecule has 1 N–H and O–H groups in total. The number of sulfonamides is 1. The molecule has 0 bridgehead atoms. The zero-order valence-corrected chi connectivity index (χ0v) is 15.6. The molecule has 136 valence electrons. The van der Waals surface area contributed by atoms with Crippen molar-refractivity contribution in [3.05, 3.63) is 71.9 Å². The second-order valence-electron chi connectivity index (χ2n) is 5.86. The van der Waals surface area contributed by atoms with Gasteiger partial charge in [0.25, 0.3) is 10.0 Å². The maximum absolute atomic E-state index is 12.7. The number of nitriles is 1. The van der Waals surface area contributed by atoms with Gasteiger partial charge in [-0.25, -0.2) is 13.4 Å². The Balaban J connectivity index is 1.92. The van der Waals surface area contributed by atoms with Crippen molar-refractivity contribution in [1.82, 2.24) is 4.98 Å². The molecule has 0 atom stereocenters. The SMILES string of the molecule is COc1ccc(S(=O)(=O)Nc2cc(-c3ccc(C#N)cc3)ccc2C)cn1. The first kappa shape index (κ1) is 18.4. The van der Waals surface area contributed by atoms with E-state index in [1.807, 2.05) is 31.2 Å². The molecule has 0 aliphatic rings. The molecule has 0 unspecified atom stereocenters. The van der Waals surface area contributed by atoms with Crippen molar-refractivity contribution >= 4 is 15.7 Å². The molecule has 1 aromatic heterocycles. The van der Waals surface area contributed by atoms with E-state index in [0.717, 1.165) is 16.7 Å². The lowest BCUT2D eigenvalue weighted by atomic mass is 10.0. The quantitative estimate of drug-likeness (QED) is 0.729. The zero-order valence-electron chi connectivity index (χ0n) is 14.8. The molecule has 7 heteroatoms. The number of methoxy groups -OCH3 is 1. The number of nitrogens with zero attached hydrogens (tertiary/aromatic N) is 2. The smallest absolute Gasteiger partial charge is 0.263 e. The second-order valence-corrected chi connectivity index (χ2v) is 7.54. The van der Waals surface area contributed by atoms with Gasteiger partial charge in [0.05, 0.1) is 30.6 Å². The van der Waals surface area contributed by atoms with E-state index >= 15 is 0 Å². The van der Waals surface area contributed by atoms with Crippen LogP contribution in [0.5, 0.6) is 5.88 Å². The maximum atomic E-state index is 12.7. The van der Waals surface area contributed by atoms with Crippen molar-refractivity contribution in [3.8, 4) is 23.1 Å². The van der Waals surface area contributed by atoms with Crippen LogP contribution in [0.3, 0.4) is 0 Å². The third kappa shape index (κ3) is 4.07. The number of hydrogen-bond acceptors (Lipinski definition) is 5. The van der Waals surface area contributed by atoms with Crippen molar-refractivity contribution in [2.75, 3.05) is 11.8 Å². The molecule has 3 rings (SSSR count). The molecule has 0 amide bonds. The molecule has 0 spiro atoms. The van der Waals surface area contributed by atoms with E-state index in [1.165, 1.54) is 25.4 Å². The topological polar surface area (TPSA) is 92.1 Å². The number of benzene rings is 2. The summed E-state index contributed by atoms with van der Waals surface area (Å²) in [6.45, 7) is 1.83. The molecule has 3 aromatic rings. The van der Waals surface area contributed by atoms with E-state index in [4.69, 9.17) is 10.00 Å². The van der Waals surface area contributed by atoms with Gasteiger partial charge < -0.3 is 4.74 Å². The highest BCUT2D eigenvalue weighted by atomic mass is 32.2. The van der Waals surface area contributed by atoms with Crippen molar-refractivity contribution in [2.45, 2.75) is 11.8 Å². The summed E-state index contributed by atoms with van der Waals surface area (Å²) in [6, 6.07) is 17.6. The van der Waals surface area contributed by atoms with Crippen LogP contribution in [0, 0.1) is 18.3 Å². The Morgan fingerprint density at radius 1 is 1.04 bits per heavy atom. The molecule has 2 aromatic carbocycles. The number of hydrogen-bond donors (Lipinski definition) is 1. The van der Waals surface area contributed by atoms with E-state index in [9.17, 15) is 8.42 Å². The van der Waals surface area contributed by atoms with Gasteiger partial charge in [0, 0.05) is 6.07 Å². The largest absolute Gasteiger partial charge is 0.481 e. The summed E-state index contributed by atoms with van der Waals surface area (Å²) < 4.78 is 32.9. The van der Waals surface area contributed by atoms with Crippen molar-refractivity contribution in [3.63, 3.8) is 0 Å². The molecule has 0 saturated carbocycles. The van der Waals surface area contributed by atoms with E-state index in [-0.39, 0.29) is 4.90 Å². The summed E-state index contributed by atoms with van der Waals surface area (Å²) >= 11 is 0. The van der Waals surface area contributed by atoms with E-state index in [2.05, 4.69) is 15.8 Å². The summed E-state index contributed by atoms with van der Waals surface area (Å²) in [5, 5.41) is 8.91. The highest BCUT2D eigenvalue weighted by molar-refractivity contribution is 7.92. The van der Waals surface area contributed by atoms with Gasteiger partial charge in [-0.3, -0.25) is 4.72 Å². The zero-order chi connectivity index (χ0) is 19.4. The third-order valence-corrected chi connectivity index (χ3v) is 5.41. The Labute approximate surface area is 158 Å². The highest BCUT2D eigenvalue weighted by Gasteiger charge is 2.16. The molecule has 6 nitrogen and oxygen atoms in total. The molecule has 0 radical (unpaired) electrons. The van der Waals surface area contributed by atoms with Crippen LogP contribution >= 0.6 is 0 Å². The minimum atomic E-state index is -3.78. The summed E-state index contributed by atoms with van der Waals surface area (Å²) in [7, 11) is -2.32. The summed E-state index contributed by atoms with van der Waals surface area (Å²) in [5.41, 5.74) is 3.57. The number of aryl methyl sites for hydroxylation is 1. The van der Waals surface area contributed by atoms with Crippen LogP contribution in [0.25, 0.3) is 11.1 Å². The van der Waals surface area contributed by atoms with Gasteiger partial charge in [0.15, 0.2) is 0 Å². The number of aromatic nitrogens is 1. The average Bonchev–Trinajstić information content (AvgIpc) is 2.69. The standard InChI is InChI=1S/C20H17N3O3S/c1-14-3-6-17(16-7-4-15(12-21)5-8-16)11-19(14)23-27(24,25)18-9-10-20(26-2)22-13-18/h3-11,13,23H,1-2H3. The number of ether oxygens (including phenoxy) is 1. The Morgan fingerprint density at radius 2 is 1.74 bits per heavy atom. The summed E-state index contributed by atoms with van der Waals surface area (Å²) in [4.78, 5) is 3.99. The van der Waals surface area contributed by atoms with Crippen molar-refractivity contribution in [1.29, 1.82) is 5.26 Å². The monoisotopic (exact) mass is 379 g/mol. The molecular formula is C20H17N3O3S. The molecular weight excluding hydrogens is 362 g/mol. The molecule has 0 saturated heterocycles. The van der Waals surface area contributed by atoms with Gasteiger partial charge in [-0.1, -0.05) is 24.3 Å². The fraction of sp³-hybridized carbons (Fsp3) is 0.100. The van der Waals surface area contributed by atoms with E-state index < -0.39 is 10.0 Å². The van der Waals surface area contributed by atoms with Gasteiger partial charge >= 0.3 is 0 Å². The molecule has 0 aliphatic heterocycles. The fourth-order valence-corrected chi connectivity index (χ4v) is 3.56. The third-order valence-electron chi connectivity index (χ3n) is 4.06. The van der Waals surface area contributed by atoms with Crippen molar-refractivity contribution < 1.29 is 13.2 Å².